The summed E-state index contributed by atoms with van der Waals surface area (Å²) in [6.45, 7) is 0. The van der Waals surface area contributed by atoms with Gasteiger partial charge in [0.05, 0.1) is 18.2 Å². The zero-order valence-electron chi connectivity index (χ0n) is 12.6. The van der Waals surface area contributed by atoms with Gasteiger partial charge in [-0.3, -0.25) is 9.59 Å². The maximum atomic E-state index is 12.7. The van der Waals surface area contributed by atoms with Crippen LogP contribution in [0.25, 0.3) is 10.9 Å². The number of ether oxygens (including phenoxy) is 1. The van der Waals surface area contributed by atoms with Gasteiger partial charge in [0.2, 0.25) is 0 Å². The number of hydrogen-bond donors (Lipinski definition) is 1. The molecule has 0 fully saturated rings. The molecular formula is C18H15NO3S. The minimum Gasteiger partial charge on any atom is -0.497 e. The Morgan fingerprint density at radius 1 is 1.22 bits per heavy atom. The number of pyridine rings is 1. The molecule has 0 aliphatic heterocycles. The highest BCUT2D eigenvalue weighted by Crippen LogP contribution is 2.32. The van der Waals surface area contributed by atoms with Gasteiger partial charge < -0.3 is 9.72 Å². The van der Waals surface area contributed by atoms with Gasteiger partial charge in [-0.05, 0) is 46.9 Å². The van der Waals surface area contributed by atoms with Gasteiger partial charge in [-0.1, -0.05) is 0 Å². The summed E-state index contributed by atoms with van der Waals surface area (Å²) in [7, 11) is 1.59. The number of hydrogen-bond acceptors (Lipinski definition) is 4. The first-order chi connectivity index (χ1) is 11.2. The van der Waals surface area contributed by atoms with Crippen molar-refractivity contribution in [2.45, 2.75) is 18.8 Å². The van der Waals surface area contributed by atoms with Crippen LogP contribution >= 0.6 is 11.3 Å². The Morgan fingerprint density at radius 3 is 2.83 bits per heavy atom. The van der Waals surface area contributed by atoms with Crippen LogP contribution < -0.4 is 10.2 Å². The SMILES string of the molecule is COc1ccc2c(=O)c3c([nH]c2c1)CC(c1ccsc1)CC3=O. The molecule has 0 bridgehead atoms. The Kier molecular flexibility index (Phi) is 3.31. The third-order valence-electron chi connectivity index (χ3n) is 4.46. The van der Waals surface area contributed by atoms with Crippen molar-refractivity contribution in [1.82, 2.24) is 4.98 Å². The Morgan fingerprint density at radius 2 is 2.09 bits per heavy atom. The Hall–Kier alpha value is -2.40. The van der Waals surface area contributed by atoms with Crippen LogP contribution in [-0.2, 0) is 6.42 Å². The summed E-state index contributed by atoms with van der Waals surface area (Å²) in [6.07, 6.45) is 1.08. The van der Waals surface area contributed by atoms with Crippen molar-refractivity contribution in [3.8, 4) is 5.75 Å². The lowest BCUT2D eigenvalue weighted by Gasteiger charge is -2.23. The van der Waals surface area contributed by atoms with Gasteiger partial charge in [0.1, 0.15) is 5.75 Å². The van der Waals surface area contributed by atoms with Crippen LogP contribution in [0.4, 0.5) is 0 Å². The van der Waals surface area contributed by atoms with E-state index in [-0.39, 0.29) is 17.1 Å². The summed E-state index contributed by atoms with van der Waals surface area (Å²) in [6, 6.07) is 7.31. The third kappa shape index (κ3) is 2.28. The Balaban J connectivity index is 1.89. The van der Waals surface area contributed by atoms with Gasteiger partial charge in [-0.25, -0.2) is 0 Å². The molecule has 4 nitrogen and oxygen atoms in total. The van der Waals surface area contributed by atoms with Crippen LogP contribution in [0.2, 0.25) is 0 Å². The van der Waals surface area contributed by atoms with E-state index in [4.69, 9.17) is 4.74 Å². The number of aromatic nitrogens is 1. The predicted octanol–water partition coefficient (Wildman–Crippen LogP) is 3.51. The fourth-order valence-corrected chi connectivity index (χ4v) is 4.03. The van der Waals surface area contributed by atoms with Gasteiger partial charge in [0.15, 0.2) is 11.2 Å². The first-order valence-corrected chi connectivity index (χ1v) is 8.40. The monoisotopic (exact) mass is 325 g/mol. The molecule has 2 heterocycles. The summed E-state index contributed by atoms with van der Waals surface area (Å²) in [5, 5.41) is 4.63. The van der Waals surface area contributed by atoms with E-state index in [1.807, 2.05) is 5.38 Å². The summed E-state index contributed by atoms with van der Waals surface area (Å²) in [5.74, 6) is 0.756. The van der Waals surface area contributed by atoms with E-state index in [0.717, 1.165) is 5.69 Å². The largest absolute Gasteiger partial charge is 0.497 e. The number of benzene rings is 1. The molecule has 23 heavy (non-hydrogen) atoms. The predicted molar refractivity (Wildman–Crippen MR) is 90.8 cm³/mol. The summed E-state index contributed by atoms with van der Waals surface area (Å²) in [5.41, 5.74) is 2.77. The average molecular weight is 325 g/mol. The number of fused-ring (bicyclic) bond motifs is 2. The average Bonchev–Trinajstić information content (AvgIpc) is 3.08. The van der Waals surface area contributed by atoms with Crippen molar-refractivity contribution >= 4 is 28.0 Å². The molecule has 0 saturated heterocycles. The molecular weight excluding hydrogens is 310 g/mol. The van der Waals surface area contributed by atoms with Crippen LogP contribution in [0.3, 0.4) is 0 Å². The lowest BCUT2D eigenvalue weighted by molar-refractivity contribution is 0.0962. The molecule has 1 atom stereocenters. The van der Waals surface area contributed by atoms with E-state index in [1.165, 1.54) is 5.56 Å². The van der Waals surface area contributed by atoms with E-state index in [0.29, 0.717) is 35.1 Å². The zero-order valence-corrected chi connectivity index (χ0v) is 13.4. The molecule has 0 radical (unpaired) electrons. The number of methoxy groups -OCH3 is 1. The van der Waals surface area contributed by atoms with Crippen LogP contribution in [0.15, 0.2) is 39.8 Å². The Labute approximate surface area is 136 Å². The minimum atomic E-state index is -0.176. The second-order valence-corrected chi connectivity index (χ2v) is 6.58. The summed E-state index contributed by atoms with van der Waals surface area (Å²) >= 11 is 1.63. The van der Waals surface area contributed by atoms with Crippen LogP contribution in [0, 0.1) is 0 Å². The fourth-order valence-electron chi connectivity index (χ4n) is 3.28. The minimum absolute atomic E-state index is 0.0681. The number of aromatic amines is 1. The van der Waals surface area contributed by atoms with Gasteiger partial charge in [0.25, 0.3) is 0 Å². The standard InChI is InChI=1S/C18H15NO3S/c1-22-12-2-3-13-14(8-12)19-15-6-11(10-4-5-23-9-10)7-16(20)17(15)18(13)21/h2-5,8-9,11H,6-7H2,1H3,(H,19,21). The number of nitrogens with one attached hydrogen (secondary N) is 1. The fraction of sp³-hybridized carbons (Fsp3) is 0.222. The molecule has 0 amide bonds. The maximum absolute atomic E-state index is 12.7. The number of Topliss-reactive ketones (excluding diaryl/α,β-unsaturated/α-hetero) is 1. The highest BCUT2D eigenvalue weighted by molar-refractivity contribution is 7.08. The molecule has 5 heteroatoms. The quantitative estimate of drug-likeness (QED) is 0.784. The number of thiophene rings is 1. The normalized spacial score (nSPS) is 17.3. The number of carbonyl (C=O) groups is 1. The second kappa shape index (κ2) is 5.35. The smallest absolute Gasteiger partial charge is 0.200 e. The molecule has 0 spiro atoms. The van der Waals surface area contributed by atoms with Crippen LogP contribution in [-0.4, -0.2) is 17.9 Å². The van der Waals surface area contributed by atoms with Crippen molar-refractivity contribution < 1.29 is 9.53 Å². The van der Waals surface area contributed by atoms with Crippen LogP contribution in [0.1, 0.15) is 34.0 Å². The number of carbonyl (C=O) groups excluding carboxylic acids is 1. The van der Waals surface area contributed by atoms with E-state index >= 15 is 0 Å². The number of H-pyrrole nitrogens is 1. The molecule has 1 N–H and O–H groups in total. The van der Waals surface area contributed by atoms with Gasteiger partial charge in [-0.2, -0.15) is 11.3 Å². The maximum Gasteiger partial charge on any atom is 0.200 e. The zero-order chi connectivity index (χ0) is 16.0. The van der Waals surface area contributed by atoms with Crippen LogP contribution in [0.5, 0.6) is 5.75 Å². The first kappa shape index (κ1) is 14.2. The highest BCUT2D eigenvalue weighted by atomic mass is 32.1. The number of rotatable bonds is 2. The molecule has 1 aliphatic carbocycles. The lowest BCUT2D eigenvalue weighted by atomic mass is 9.82. The Bertz CT molecular complexity index is 956. The lowest BCUT2D eigenvalue weighted by Crippen LogP contribution is -2.27. The van der Waals surface area contributed by atoms with Gasteiger partial charge in [-0.15, -0.1) is 0 Å². The van der Waals surface area contributed by atoms with Crippen molar-refractivity contribution in [3.63, 3.8) is 0 Å². The van der Waals surface area contributed by atoms with Crippen molar-refractivity contribution in [3.05, 3.63) is 62.1 Å². The molecule has 0 saturated carbocycles. The van der Waals surface area contributed by atoms with E-state index in [2.05, 4.69) is 16.4 Å². The van der Waals surface area contributed by atoms with Gasteiger partial charge >= 0.3 is 0 Å². The number of ketones is 1. The third-order valence-corrected chi connectivity index (χ3v) is 5.16. The van der Waals surface area contributed by atoms with E-state index in [9.17, 15) is 9.59 Å². The summed E-state index contributed by atoms with van der Waals surface area (Å²) < 4.78 is 5.22. The topological polar surface area (TPSA) is 59.2 Å². The second-order valence-electron chi connectivity index (χ2n) is 5.80. The first-order valence-electron chi connectivity index (χ1n) is 7.45. The van der Waals surface area contributed by atoms with E-state index in [1.54, 1.807) is 36.6 Å². The van der Waals surface area contributed by atoms with Crippen molar-refractivity contribution in [2.75, 3.05) is 7.11 Å². The van der Waals surface area contributed by atoms with Gasteiger partial charge in [0, 0.05) is 23.6 Å². The van der Waals surface area contributed by atoms with Crippen molar-refractivity contribution in [1.29, 1.82) is 0 Å². The molecule has 1 unspecified atom stereocenters. The molecule has 1 aliphatic rings. The molecule has 3 aromatic rings. The molecule has 1 aromatic carbocycles. The molecule has 2 aromatic heterocycles. The van der Waals surface area contributed by atoms with Crippen molar-refractivity contribution in [2.24, 2.45) is 0 Å². The molecule has 4 rings (SSSR count). The summed E-state index contributed by atoms with van der Waals surface area (Å²) in [4.78, 5) is 28.5. The van der Waals surface area contributed by atoms with E-state index < -0.39 is 0 Å². The molecule has 116 valence electrons. The highest BCUT2D eigenvalue weighted by Gasteiger charge is 2.30.